The number of piperazine rings is 1. The lowest BCUT2D eigenvalue weighted by Gasteiger charge is -2.34. The van der Waals surface area contributed by atoms with Crippen molar-refractivity contribution in [1.82, 2.24) is 15.1 Å². The van der Waals surface area contributed by atoms with Crippen LogP contribution in [0.3, 0.4) is 0 Å². The van der Waals surface area contributed by atoms with Crippen molar-refractivity contribution in [1.29, 1.82) is 0 Å². The van der Waals surface area contributed by atoms with Gasteiger partial charge in [-0.2, -0.15) is 0 Å². The Kier molecular flexibility index (Phi) is 6.54. The van der Waals surface area contributed by atoms with Crippen molar-refractivity contribution in [3.05, 3.63) is 29.8 Å². The van der Waals surface area contributed by atoms with Gasteiger partial charge < -0.3 is 5.32 Å². The largest absolute Gasteiger partial charge is 0.355 e. The van der Waals surface area contributed by atoms with E-state index in [4.69, 9.17) is 0 Å². The average Bonchev–Trinajstić information content (AvgIpc) is 2.50. The smallest absolute Gasteiger partial charge is 0.234 e. The van der Waals surface area contributed by atoms with E-state index in [-0.39, 0.29) is 5.91 Å². The standard InChI is InChI=1S/C16H25N3OS/c1-3-17-16(20)13-19-9-7-18(8-10-19)12-14-5-4-6-15(11-14)21-2/h4-6,11H,3,7-10,12-13H2,1-2H3,(H,17,20). The van der Waals surface area contributed by atoms with Crippen LogP contribution >= 0.6 is 11.8 Å². The number of benzene rings is 1. The van der Waals surface area contributed by atoms with E-state index < -0.39 is 0 Å². The summed E-state index contributed by atoms with van der Waals surface area (Å²) in [6.07, 6.45) is 2.11. The molecule has 0 bridgehead atoms. The van der Waals surface area contributed by atoms with E-state index in [1.807, 2.05) is 6.92 Å². The highest BCUT2D eigenvalue weighted by Gasteiger charge is 2.18. The van der Waals surface area contributed by atoms with Crippen molar-refractivity contribution in [3.63, 3.8) is 0 Å². The molecule has 0 spiro atoms. The van der Waals surface area contributed by atoms with Crippen molar-refractivity contribution in [2.45, 2.75) is 18.4 Å². The van der Waals surface area contributed by atoms with Crippen LogP contribution in [0.4, 0.5) is 0 Å². The molecule has 0 atom stereocenters. The van der Waals surface area contributed by atoms with Crippen LogP contribution in [0.5, 0.6) is 0 Å². The number of nitrogens with zero attached hydrogens (tertiary/aromatic N) is 2. The van der Waals surface area contributed by atoms with Crippen LogP contribution in [0.15, 0.2) is 29.2 Å². The lowest BCUT2D eigenvalue weighted by atomic mass is 10.2. The van der Waals surface area contributed by atoms with Gasteiger partial charge in [0, 0.05) is 44.2 Å². The summed E-state index contributed by atoms with van der Waals surface area (Å²) in [4.78, 5) is 17.6. The Bertz CT molecular complexity index is 459. The van der Waals surface area contributed by atoms with Gasteiger partial charge in [-0.3, -0.25) is 14.6 Å². The fourth-order valence-corrected chi connectivity index (χ4v) is 3.07. The Morgan fingerprint density at radius 1 is 1.24 bits per heavy atom. The van der Waals surface area contributed by atoms with Gasteiger partial charge in [0.2, 0.25) is 5.91 Å². The number of amides is 1. The second kappa shape index (κ2) is 8.41. The van der Waals surface area contributed by atoms with Crippen LogP contribution in [-0.2, 0) is 11.3 Å². The van der Waals surface area contributed by atoms with Crippen molar-refractivity contribution < 1.29 is 4.79 Å². The first kappa shape index (κ1) is 16.3. The first-order valence-electron chi connectivity index (χ1n) is 7.55. The van der Waals surface area contributed by atoms with E-state index in [0.717, 1.165) is 32.7 Å². The third-order valence-electron chi connectivity index (χ3n) is 3.75. The molecule has 0 radical (unpaired) electrons. The molecule has 0 aliphatic carbocycles. The van der Waals surface area contributed by atoms with Gasteiger partial charge in [0.15, 0.2) is 0 Å². The van der Waals surface area contributed by atoms with Crippen molar-refractivity contribution in [2.24, 2.45) is 0 Å². The number of carbonyl (C=O) groups excluding carboxylic acids is 1. The van der Waals surface area contributed by atoms with Crippen molar-refractivity contribution >= 4 is 17.7 Å². The molecule has 1 aliphatic heterocycles. The minimum Gasteiger partial charge on any atom is -0.355 e. The van der Waals surface area contributed by atoms with E-state index >= 15 is 0 Å². The first-order chi connectivity index (χ1) is 10.2. The highest BCUT2D eigenvalue weighted by Crippen LogP contribution is 2.17. The third kappa shape index (κ3) is 5.34. The molecule has 4 nitrogen and oxygen atoms in total. The van der Waals surface area contributed by atoms with Gasteiger partial charge >= 0.3 is 0 Å². The Morgan fingerprint density at radius 3 is 2.62 bits per heavy atom. The lowest BCUT2D eigenvalue weighted by Crippen LogP contribution is -2.49. The van der Waals surface area contributed by atoms with E-state index in [1.54, 1.807) is 11.8 Å². The quantitative estimate of drug-likeness (QED) is 0.811. The molecule has 5 heteroatoms. The van der Waals surface area contributed by atoms with Crippen LogP contribution in [0.25, 0.3) is 0 Å². The van der Waals surface area contributed by atoms with Gasteiger partial charge in [-0.25, -0.2) is 0 Å². The predicted octanol–water partition coefficient (Wildman–Crippen LogP) is 1.66. The Morgan fingerprint density at radius 2 is 1.95 bits per heavy atom. The number of hydrogen-bond donors (Lipinski definition) is 1. The lowest BCUT2D eigenvalue weighted by molar-refractivity contribution is -0.122. The van der Waals surface area contributed by atoms with Gasteiger partial charge in [0.25, 0.3) is 0 Å². The van der Waals surface area contributed by atoms with Crippen molar-refractivity contribution in [3.8, 4) is 0 Å². The number of likely N-dealkylation sites (N-methyl/N-ethyl adjacent to an activating group) is 1. The second-order valence-electron chi connectivity index (χ2n) is 5.36. The minimum absolute atomic E-state index is 0.138. The number of hydrogen-bond acceptors (Lipinski definition) is 4. The van der Waals surface area contributed by atoms with Crippen LogP contribution in [0, 0.1) is 0 Å². The Balaban J connectivity index is 1.77. The number of rotatable bonds is 6. The summed E-state index contributed by atoms with van der Waals surface area (Å²) in [5, 5.41) is 2.86. The maximum absolute atomic E-state index is 11.6. The van der Waals surface area contributed by atoms with Crippen LogP contribution in [0.1, 0.15) is 12.5 Å². The normalized spacial score (nSPS) is 16.9. The van der Waals surface area contributed by atoms with E-state index in [2.05, 4.69) is 45.6 Å². The van der Waals surface area contributed by atoms with Gasteiger partial charge in [0.1, 0.15) is 0 Å². The third-order valence-corrected chi connectivity index (χ3v) is 4.47. The fraction of sp³-hybridized carbons (Fsp3) is 0.562. The Hall–Kier alpha value is -1.04. The highest BCUT2D eigenvalue weighted by molar-refractivity contribution is 7.98. The molecule has 1 amide bonds. The van der Waals surface area contributed by atoms with Gasteiger partial charge in [-0.15, -0.1) is 11.8 Å². The number of nitrogens with one attached hydrogen (secondary N) is 1. The molecule has 0 aromatic heterocycles. The van der Waals surface area contributed by atoms with Crippen LogP contribution in [0.2, 0.25) is 0 Å². The first-order valence-corrected chi connectivity index (χ1v) is 8.78. The zero-order valence-corrected chi connectivity index (χ0v) is 13.8. The van der Waals surface area contributed by atoms with Crippen molar-refractivity contribution in [2.75, 3.05) is 45.5 Å². The van der Waals surface area contributed by atoms with E-state index in [1.165, 1.54) is 10.5 Å². The van der Waals surface area contributed by atoms with Gasteiger partial charge in [0.05, 0.1) is 6.54 Å². The molecule has 1 aliphatic rings. The molecule has 0 saturated carbocycles. The predicted molar refractivity (Wildman–Crippen MR) is 88.6 cm³/mol. The molecular weight excluding hydrogens is 282 g/mol. The topological polar surface area (TPSA) is 35.6 Å². The highest BCUT2D eigenvalue weighted by atomic mass is 32.2. The molecule has 1 fully saturated rings. The molecular formula is C16H25N3OS. The summed E-state index contributed by atoms with van der Waals surface area (Å²) < 4.78 is 0. The molecule has 1 aromatic carbocycles. The summed E-state index contributed by atoms with van der Waals surface area (Å²) in [5.41, 5.74) is 1.37. The van der Waals surface area contributed by atoms with Gasteiger partial charge in [-0.1, -0.05) is 12.1 Å². The number of thioether (sulfide) groups is 1. The molecule has 1 aromatic rings. The molecule has 116 valence electrons. The van der Waals surface area contributed by atoms with Crippen LogP contribution in [-0.4, -0.2) is 61.2 Å². The molecule has 1 saturated heterocycles. The summed E-state index contributed by atoms with van der Waals surface area (Å²) in [7, 11) is 0. The second-order valence-corrected chi connectivity index (χ2v) is 6.24. The summed E-state index contributed by atoms with van der Waals surface area (Å²) in [5.74, 6) is 0.138. The maximum atomic E-state index is 11.6. The molecule has 1 N–H and O–H groups in total. The molecule has 2 rings (SSSR count). The molecule has 1 heterocycles. The Labute approximate surface area is 131 Å². The SMILES string of the molecule is CCNC(=O)CN1CCN(Cc2cccc(SC)c2)CC1. The monoisotopic (exact) mass is 307 g/mol. The summed E-state index contributed by atoms with van der Waals surface area (Å²) >= 11 is 1.79. The van der Waals surface area contributed by atoms with E-state index in [9.17, 15) is 4.79 Å². The summed E-state index contributed by atoms with van der Waals surface area (Å²) in [6, 6.07) is 8.75. The zero-order chi connectivity index (χ0) is 15.1. The van der Waals surface area contributed by atoms with Crippen LogP contribution < -0.4 is 5.32 Å². The molecule has 0 unspecified atom stereocenters. The zero-order valence-electron chi connectivity index (χ0n) is 13.0. The molecule has 21 heavy (non-hydrogen) atoms. The van der Waals surface area contributed by atoms with E-state index in [0.29, 0.717) is 13.1 Å². The fourth-order valence-electron chi connectivity index (χ4n) is 2.59. The maximum Gasteiger partial charge on any atom is 0.234 e. The van der Waals surface area contributed by atoms with Gasteiger partial charge in [-0.05, 0) is 30.9 Å². The minimum atomic E-state index is 0.138. The summed E-state index contributed by atoms with van der Waals surface area (Å²) in [6.45, 7) is 8.21. The average molecular weight is 307 g/mol. The number of carbonyl (C=O) groups is 1.